The van der Waals surface area contributed by atoms with Gasteiger partial charge in [-0.2, -0.15) is 0 Å². The maximum atomic E-state index is 12.7. The van der Waals surface area contributed by atoms with Gasteiger partial charge in [-0.1, -0.05) is 48.2 Å². The third-order valence-corrected chi connectivity index (χ3v) is 5.73. The van der Waals surface area contributed by atoms with Crippen molar-refractivity contribution in [2.45, 2.75) is 19.8 Å². The van der Waals surface area contributed by atoms with Gasteiger partial charge in [-0.25, -0.2) is 0 Å². The highest BCUT2D eigenvalue weighted by Gasteiger charge is 2.31. The molecule has 1 heterocycles. The molecule has 7 heteroatoms. The van der Waals surface area contributed by atoms with Crippen LogP contribution in [0.5, 0.6) is 5.75 Å². The summed E-state index contributed by atoms with van der Waals surface area (Å²) in [7, 11) is 1.60. The number of thiocarbonyl (C=S) groups is 1. The maximum absolute atomic E-state index is 12.7. The summed E-state index contributed by atoms with van der Waals surface area (Å²) in [5.41, 5.74) is 2.74. The number of carbonyl (C=O) groups excluding carboxylic acids is 2. The zero-order valence-corrected chi connectivity index (χ0v) is 17.9. The number of nitrogens with one attached hydrogen (secondary N) is 1. The van der Waals surface area contributed by atoms with E-state index >= 15 is 0 Å². The van der Waals surface area contributed by atoms with Crippen molar-refractivity contribution >= 4 is 51.9 Å². The van der Waals surface area contributed by atoms with E-state index in [1.54, 1.807) is 12.0 Å². The van der Waals surface area contributed by atoms with Crippen LogP contribution in [0.4, 0.5) is 5.69 Å². The summed E-state index contributed by atoms with van der Waals surface area (Å²) in [6, 6.07) is 15.2. The van der Waals surface area contributed by atoms with Crippen molar-refractivity contribution in [3.05, 3.63) is 64.6 Å². The zero-order chi connectivity index (χ0) is 20.8. The second-order valence-corrected chi connectivity index (χ2v) is 8.31. The van der Waals surface area contributed by atoms with Gasteiger partial charge in [-0.3, -0.25) is 14.5 Å². The third-order valence-electron chi connectivity index (χ3n) is 4.35. The Balaban J connectivity index is 1.54. The summed E-state index contributed by atoms with van der Waals surface area (Å²) >= 11 is 6.64. The third kappa shape index (κ3) is 5.68. The Hall–Kier alpha value is -2.64. The van der Waals surface area contributed by atoms with Crippen molar-refractivity contribution in [2.75, 3.05) is 19.0 Å². The molecule has 0 saturated carbocycles. The Morgan fingerprint density at radius 2 is 2.03 bits per heavy atom. The first kappa shape index (κ1) is 21.1. The fourth-order valence-electron chi connectivity index (χ4n) is 2.92. The van der Waals surface area contributed by atoms with Gasteiger partial charge in [0.05, 0.1) is 12.0 Å². The highest BCUT2D eigenvalue weighted by atomic mass is 32.2. The Labute approximate surface area is 180 Å². The second-order valence-electron chi connectivity index (χ2n) is 6.63. The molecule has 0 aromatic heterocycles. The molecule has 0 spiro atoms. The van der Waals surface area contributed by atoms with Crippen LogP contribution in [-0.4, -0.2) is 34.7 Å². The Bertz CT molecular complexity index is 972. The van der Waals surface area contributed by atoms with Gasteiger partial charge >= 0.3 is 0 Å². The molecule has 0 unspecified atom stereocenters. The first-order valence-corrected chi connectivity index (χ1v) is 10.4. The minimum atomic E-state index is -0.123. The molecule has 0 atom stereocenters. The predicted molar refractivity (Wildman–Crippen MR) is 122 cm³/mol. The van der Waals surface area contributed by atoms with Crippen LogP contribution < -0.4 is 10.1 Å². The van der Waals surface area contributed by atoms with E-state index in [2.05, 4.69) is 5.32 Å². The number of methoxy groups -OCH3 is 1. The number of anilines is 1. The van der Waals surface area contributed by atoms with E-state index in [0.717, 1.165) is 22.6 Å². The summed E-state index contributed by atoms with van der Waals surface area (Å²) < 4.78 is 5.73. The second kappa shape index (κ2) is 9.71. The molecule has 5 nitrogen and oxygen atoms in total. The molecule has 150 valence electrons. The number of nitrogens with zero attached hydrogens (tertiary/aromatic N) is 1. The van der Waals surface area contributed by atoms with Crippen molar-refractivity contribution < 1.29 is 14.3 Å². The largest absolute Gasteiger partial charge is 0.497 e. The van der Waals surface area contributed by atoms with Crippen molar-refractivity contribution in [3.8, 4) is 5.75 Å². The molecule has 3 rings (SSSR count). The fraction of sp³-hybridized carbons (Fsp3) is 0.227. The van der Waals surface area contributed by atoms with E-state index in [-0.39, 0.29) is 11.8 Å². The number of hydrogen-bond acceptors (Lipinski definition) is 5. The molecule has 0 radical (unpaired) electrons. The van der Waals surface area contributed by atoms with Gasteiger partial charge in [0, 0.05) is 18.7 Å². The summed E-state index contributed by atoms with van der Waals surface area (Å²) in [5.74, 6) is 0.531. The van der Waals surface area contributed by atoms with E-state index in [9.17, 15) is 9.59 Å². The van der Waals surface area contributed by atoms with Crippen LogP contribution in [0.3, 0.4) is 0 Å². The average Bonchev–Trinajstić information content (AvgIpc) is 2.95. The quantitative estimate of drug-likeness (QED) is 0.517. The maximum Gasteiger partial charge on any atom is 0.266 e. The van der Waals surface area contributed by atoms with Crippen molar-refractivity contribution in [2.24, 2.45) is 0 Å². The monoisotopic (exact) mass is 426 g/mol. The molecule has 29 heavy (non-hydrogen) atoms. The Morgan fingerprint density at radius 3 is 2.79 bits per heavy atom. The van der Waals surface area contributed by atoms with E-state index in [1.165, 1.54) is 11.8 Å². The van der Waals surface area contributed by atoms with Crippen LogP contribution in [0.15, 0.2) is 53.4 Å². The minimum Gasteiger partial charge on any atom is -0.497 e. The van der Waals surface area contributed by atoms with Gasteiger partial charge < -0.3 is 10.1 Å². The number of ether oxygens (including phenoxy) is 1. The first-order chi connectivity index (χ1) is 14.0. The number of rotatable bonds is 7. The molecule has 1 N–H and O–H groups in total. The molecule has 1 aliphatic heterocycles. The molecule has 0 aliphatic carbocycles. The molecule has 0 bridgehead atoms. The molecular weight excluding hydrogens is 404 g/mol. The van der Waals surface area contributed by atoms with Gasteiger partial charge in [0.2, 0.25) is 5.91 Å². The van der Waals surface area contributed by atoms with Crippen LogP contribution in [0, 0.1) is 6.92 Å². The molecular formula is C22H22N2O3S2. The lowest BCUT2D eigenvalue weighted by Gasteiger charge is -2.14. The highest BCUT2D eigenvalue weighted by molar-refractivity contribution is 8.26. The van der Waals surface area contributed by atoms with Crippen LogP contribution in [0.2, 0.25) is 0 Å². The normalized spacial score (nSPS) is 15.1. The van der Waals surface area contributed by atoms with Gasteiger partial charge in [-0.05, 0) is 54.8 Å². The number of thioether (sulfide) groups is 1. The molecule has 1 aliphatic rings. The van der Waals surface area contributed by atoms with Gasteiger partial charge in [-0.15, -0.1) is 0 Å². The average molecular weight is 427 g/mol. The molecule has 2 aromatic carbocycles. The molecule has 1 fully saturated rings. The lowest BCUT2D eigenvalue weighted by atomic mass is 10.2. The number of benzene rings is 2. The van der Waals surface area contributed by atoms with Crippen LogP contribution in [0.25, 0.3) is 6.08 Å². The van der Waals surface area contributed by atoms with E-state index in [1.807, 2.05) is 61.5 Å². The summed E-state index contributed by atoms with van der Waals surface area (Å²) in [6.07, 6.45) is 2.67. The topological polar surface area (TPSA) is 58.6 Å². The van der Waals surface area contributed by atoms with E-state index < -0.39 is 0 Å². The lowest BCUT2D eigenvalue weighted by molar-refractivity contribution is -0.122. The predicted octanol–water partition coefficient (Wildman–Crippen LogP) is 4.62. The Kier molecular flexibility index (Phi) is 7.06. The first-order valence-electron chi connectivity index (χ1n) is 9.22. The van der Waals surface area contributed by atoms with E-state index in [0.29, 0.717) is 28.6 Å². The minimum absolute atomic E-state index is 0.0760. The fourth-order valence-corrected chi connectivity index (χ4v) is 4.23. The van der Waals surface area contributed by atoms with Crippen molar-refractivity contribution in [1.29, 1.82) is 0 Å². The highest BCUT2D eigenvalue weighted by Crippen LogP contribution is 2.33. The standard InChI is InChI=1S/C22H22N2O3S2/c1-15-6-3-8-17(12-15)23-20(25)10-5-11-24-21(26)19(29-22(24)28)14-16-7-4-9-18(13-16)27-2/h3-4,6-9,12-14H,5,10-11H2,1-2H3,(H,23,25). The van der Waals surface area contributed by atoms with Gasteiger partial charge in [0.1, 0.15) is 10.1 Å². The van der Waals surface area contributed by atoms with Gasteiger partial charge in [0.25, 0.3) is 5.91 Å². The number of hydrogen-bond donors (Lipinski definition) is 1. The van der Waals surface area contributed by atoms with E-state index in [4.69, 9.17) is 17.0 Å². The summed E-state index contributed by atoms with van der Waals surface area (Å²) in [4.78, 5) is 27.0. The molecule has 1 saturated heterocycles. The van der Waals surface area contributed by atoms with Crippen molar-refractivity contribution in [3.63, 3.8) is 0 Å². The van der Waals surface area contributed by atoms with Crippen LogP contribution in [-0.2, 0) is 9.59 Å². The SMILES string of the molecule is COc1cccc(C=C2SC(=S)N(CCCC(=O)Nc3cccc(C)c3)C2=O)c1. The van der Waals surface area contributed by atoms with Crippen molar-refractivity contribution in [1.82, 2.24) is 4.90 Å². The number of carbonyl (C=O) groups is 2. The van der Waals surface area contributed by atoms with Gasteiger partial charge in [0.15, 0.2) is 0 Å². The molecule has 2 amide bonds. The number of amides is 2. The smallest absolute Gasteiger partial charge is 0.266 e. The van der Waals surface area contributed by atoms with Crippen LogP contribution >= 0.6 is 24.0 Å². The zero-order valence-electron chi connectivity index (χ0n) is 16.3. The summed E-state index contributed by atoms with van der Waals surface area (Å²) in [6.45, 7) is 2.39. The van der Waals surface area contributed by atoms with Crippen LogP contribution in [0.1, 0.15) is 24.0 Å². The molecule has 2 aromatic rings. The summed E-state index contributed by atoms with van der Waals surface area (Å²) in [5, 5.41) is 2.88. The lowest BCUT2D eigenvalue weighted by Crippen LogP contribution is -2.29. The number of aryl methyl sites for hydroxylation is 1. The Morgan fingerprint density at radius 1 is 1.24 bits per heavy atom.